The minimum absolute atomic E-state index is 0.156. The molecule has 0 fully saturated rings. The maximum Gasteiger partial charge on any atom is 0.260 e. The van der Waals surface area contributed by atoms with Gasteiger partial charge in [-0.3, -0.25) is 4.79 Å². The average molecular weight is 408 g/mol. The summed E-state index contributed by atoms with van der Waals surface area (Å²) in [5.74, 6) is 1.03. The van der Waals surface area contributed by atoms with E-state index in [1.54, 1.807) is 44.2 Å². The van der Waals surface area contributed by atoms with Gasteiger partial charge >= 0.3 is 0 Å². The highest BCUT2D eigenvalue weighted by Gasteiger charge is 2.31. The van der Waals surface area contributed by atoms with Crippen molar-refractivity contribution in [3.05, 3.63) is 64.9 Å². The Hall–Kier alpha value is -3.32. The van der Waals surface area contributed by atoms with Crippen LogP contribution in [0.1, 0.15) is 40.3 Å². The first kappa shape index (κ1) is 20.0. The van der Waals surface area contributed by atoms with Gasteiger partial charge in [0.2, 0.25) is 0 Å². The van der Waals surface area contributed by atoms with Gasteiger partial charge in [0.1, 0.15) is 17.4 Å². The Balaban J connectivity index is 1.75. The van der Waals surface area contributed by atoms with Gasteiger partial charge in [-0.15, -0.1) is 0 Å². The summed E-state index contributed by atoms with van der Waals surface area (Å²) >= 11 is 0. The molecule has 3 aromatic rings. The fourth-order valence-electron chi connectivity index (χ4n) is 3.80. The molecule has 30 heavy (non-hydrogen) atoms. The van der Waals surface area contributed by atoms with Crippen LogP contribution in [0.15, 0.2) is 47.0 Å². The maximum absolute atomic E-state index is 13.5. The molecule has 4 rings (SSSR count). The van der Waals surface area contributed by atoms with Crippen LogP contribution in [0.4, 0.5) is 0 Å². The number of fused-ring (bicyclic) bond motifs is 1. The summed E-state index contributed by atoms with van der Waals surface area (Å²) in [5, 5.41) is 14.3. The van der Waals surface area contributed by atoms with Crippen molar-refractivity contribution in [2.24, 2.45) is 0 Å². The molecule has 0 radical (unpaired) electrons. The van der Waals surface area contributed by atoms with Crippen LogP contribution < -0.4 is 9.47 Å². The number of hydrogen-bond acceptors (Lipinski definition) is 6. The van der Waals surface area contributed by atoms with Gasteiger partial charge in [-0.25, -0.2) is 0 Å². The first-order chi connectivity index (χ1) is 14.5. The van der Waals surface area contributed by atoms with Crippen molar-refractivity contribution < 1.29 is 23.9 Å². The highest BCUT2D eigenvalue weighted by molar-refractivity contribution is 6.01. The van der Waals surface area contributed by atoms with E-state index < -0.39 is 6.10 Å². The van der Waals surface area contributed by atoms with Crippen LogP contribution in [0.2, 0.25) is 0 Å². The number of carbonyl (C=O) groups excluding carboxylic acids is 1. The molecule has 0 saturated carbocycles. The molecule has 0 spiro atoms. The number of amides is 1. The Bertz CT molecular complexity index is 1070. The third kappa shape index (κ3) is 3.52. The zero-order valence-corrected chi connectivity index (χ0v) is 17.2. The smallest absolute Gasteiger partial charge is 0.260 e. The zero-order valence-electron chi connectivity index (χ0n) is 17.2. The van der Waals surface area contributed by atoms with Crippen molar-refractivity contribution in [3.63, 3.8) is 0 Å². The lowest BCUT2D eigenvalue weighted by atomic mass is 9.97. The third-order valence-electron chi connectivity index (χ3n) is 5.39. The zero-order chi connectivity index (χ0) is 21.3. The Kier molecular flexibility index (Phi) is 5.46. The van der Waals surface area contributed by atoms with Crippen LogP contribution in [-0.4, -0.2) is 41.8 Å². The molecular formula is C23H24N2O5. The molecule has 1 unspecified atom stereocenters. The molecule has 0 saturated heterocycles. The highest BCUT2D eigenvalue weighted by Crippen LogP contribution is 2.36. The van der Waals surface area contributed by atoms with E-state index in [2.05, 4.69) is 11.2 Å². The number of rotatable bonds is 5. The number of nitrogens with zero attached hydrogens (tertiary/aromatic N) is 2. The van der Waals surface area contributed by atoms with Crippen LogP contribution in [0.5, 0.6) is 11.5 Å². The molecule has 156 valence electrons. The molecule has 1 N–H and O–H groups in total. The second kappa shape index (κ2) is 8.20. The maximum atomic E-state index is 13.5. The molecule has 1 aliphatic rings. The molecular weight excluding hydrogens is 384 g/mol. The summed E-state index contributed by atoms with van der Waals surface area (Å²) in [6.45, 7) is 2.65. The second-order valence-electron chi connectivity index (χ2n) is 7.26. The minimum atomic E-state index is -0.970. The van der Waals surface area contributed by atoms with Gasteiger partial charge in [-0.05, 0) is 42.7 Å². The number of aliphatic hydroxyl groups excluding tert-OH is 1. The largest absolute Gasteiger partial charge is 0.493 e. The van der Waals surface area contributed by atoms with E-state index in [0.29, 0.717) is 35.8 Å². The summed E-state index contributed by atoms with van der Waals surface area (Å²) in [7, 11) is 3.10. The third-order valence-corrected chi connectivity index (χ3v) is 5.39. The lowest BCUT2D eigenvalue weighted by Crippen LogP contribution is -2.36. The van der Waals surface area contributed by atoms with E-state index in [9.17, 15) is 9.90 Å². The van der Waals surface area contributed by atoms with Crippen LogP contribution >= 0.6 is 0 Å². The monoisotopic (exact) mass is 408 g/mol. The van der Waals surface area contributed by atoms with Crippen molar-refractivity contribution in [1.29, 1.82) is 0 Å². The molecule has 0 bridgehead atoms. The van der Waals surface area contributed by atoms with E-state index in [1.807, 2.05) is 18.2 Å². The Morgan fingerprint density at radius 1 is 1.13 bits per heavy atom. The number of carbonyl (C=O) groups is 1. The average Bonchev–Trinajstić information content (AvgIpc) is 3.23. The van der Waals surface area contributed by atoms with Crippen LogP contribution in [0.25, 0.3) is 11.3 Å². The predicted molar refractivity (Wildman–Crippen MR) is 111 cm³/mol. The molecule has 1 atom stereocenters. The number of aliphatic hydroxyl groups is 1. The lowest BCUT2D eigenvalue weighted by molar-refractivity contribution is 0.0723. The van der Waals surface area contributed by atoms with Gasteiger partial charge in [0, 0.05) is 18.7 Å². The number of ether oxygens (including phenoxy) is 2. The molecule has 1 amide bonds. The molecule has 2 heterocycles. The first-order valence-electron chi connectivity index (χ1n) is 9.79. The van der Waals surface area contributed by atoms with E-state index in [0.717, 1.165) is 12.0 Å². The molecule has 7 nitrogen and oxygen atoms in total. The fraction of sp³-hybridized carbons (Fsp3) is 0.304. The summed E-state index contributed by atoms with van der Waals surface area (Å²) < 4.78 is 16.1. The van der Waals surface area contributed by atoms with Crippen molar-refractivity contribution in [3.8, 4) is 22.8 Å². The van der Waals surface area contributed by atoms with Crippen molar-refractivity contribution in [2.75, 3.05) is 20.8 Å². The molecule has 0 aliphatic carbocycles. The van der Waals surface area contributed by atoms with Gasteiger partial charge in [0.15, 0.2) is 17.3 Å². The summed E-state index contributed by atoms with van der Waals surface area (Å²) in [5.41, 5.74) is 3.67. The van der Waals surface area contributed by atoms with Gasteiger partial charge in [-0.2, -0.15) is 0 Å². The molecule has 2 aromatic carbocycles. The standard InChI is InChI=1S/C23H24N2O5/c1-14(26)22-20(23(27)25-11-10-15-6-4-5-7-17(15)13-25)21(24-30-22)16-8-9-18(28-2)19(12-16)29-3/h4-9,12,14,26H,10-11,13H2,1-3H3. The summed E-state index contributed by atoms with van der Waals surface area (Å²) in [6, 6.07) is 13.4. The fourth-order valence-corrected chi connectivity index (χ4v) is 3.80. The van der Waals surface area contributed by atoms with E-state index in [-0.39, 0.29) is 17.2 Å². The molecule has 1 aromatic heterocycles. The van der Waals surface area contributed by atoms with Gasteiger partial charge < -0.3 is 24.0 Å². The quantitative estimate of drug-likeness (QED) is 0.694. The van der Waals surface area contributed by atoms with Crippen molar-refractivity contribution >= 4 is 5.91 Å². The SMILES string of the molecule is COc1ccc(-c2noc(C(C)O)c2C(=O)N2CCc3ccccc3C2)cc1OC. The highest BCUT2D eigenvalue weighted by atomic mass is 16.5. The first-order valence-corrected chi connectivity index (χ1v) is 9.79. The molecule has 1 aliphatic heterocycles. The predicted octanol–water partition coefficient (Wildman–Crippen LogP) is 3.61. The van der Waals surface area contributed by atoms with Crippen LogP contribution in [0.3, 0.4) is 0 Å². The normalized spacial score (nSPS) is 14.2. The lowest BCUT2D eigenvalue weighted by Gasteiger charge is -2.29. The summed E-state index contributed by atoms with van der Waals surface area (Å²) in [6.07, 6.45) is -0.189. The number of hydrogen-bond donors (Lipinski definition) is 1. The Morgan fingerprint density at radius 3 is 2.57 bits per heavy atom. The Labute approximate surface area is 174 Å². The Morgan fingerprint density at radius 2 is 1.87 bits per heavy atom. The molecule has 7 heteroatoms. The number of aromatic nitrogens is 1. The van der Waals surface area contributed by atoms with E-state index in [1.165, 1.54) is 5.56 Å². The second-order valence-corrected chi connectivity index (χ2v) is 7.26. The summed E-state index contributed by atoms with van der Waals surface area (Å²) in [4.78, 5) is 15.3. The number of methoxy groups -OCH3 is 2. The van der Waals surface area contributed by atoms with E-state index >= 15 is 0 Å². The van der Waals surface area contributed by atoms with Crippen LogP contribution in [-0.2, 0) is 13.0 Å². The van der Waals surface area contributed by atoms with Gasteiger partial charge in [-0.1, -0.05) is 29.4 Å². The van der Waals surface area contributed by atoms with Crippen molar-refractivity contribution in [2.45, 2.75) is 26.0 Å². The van der Waals surface area contributed by atoms with E-state index in [4.69, 9.17) is 14.0 Å². The minimum Gasteiger partial charge on any atom is -0.493 e. The van der Waals surface area contributed by atoms with Crippen molar-refractivity contribution in [1.82, 2.24) is 10.1 Å². The van der Waals surface area contributed by atoms with Gasteiger partial charge in [0.05, 0.1) is 14.2 Å². The topological polar surface area (TPSA) is 85.0 Å². The number of benzene rings is 2. The van der Waals surface area contributed by atoms with Gasteiger partial charge in [0.25, 0.3) is 5.91 Å². The van der Waals surface area contributed by atoms with Crippen LogP contribution in [0, 0.1) is 0 Å².